The molecule has 0 saturated carbocycles. The van der Waals surface area contributed by atoms with E-state index < -0.39 is 11.3 Å². The van der Waals surface area contributed by atoms with Gasteiger partial charge >= 0.3 is 5.97 Å². The number of rotatable bonds is 17. The van der Waals surface area contributed by atoms with Crippen LogP contribution in [-0.2, 0) is 4.79 Å². The number of carboxylic acid groups (broad SMARTS) is 1. The molecule has 0 aliphatic heterocycles. The number of allylic oxidation sites excluding steroid dienone is 2. The first kappa shape index (κ1) is 22.5. The van der Waals surface area contributed by atoms with Gasteiger partial charge in [-0.2, -0.15) is 0 Å². The molecule has 23 heavy (non-hydrogen) atoms. The molecule has 0 heterocycles. The van der Waals surface area contributed by atoms with Gasteiger partial charge in [-0.3, -0.25) is 4.79 Å². The molecule has 0 rings (SSSR count). The van der Waals surface area contributed by atoms with E-state index >= 15 is 0 Å². The van der Waals surface area contributed by atoms with Crippen LogP contribution in [0.15, 0.2) is 12.2 Å². The van der Waals surface area contributed by atoms with Crippen LogP contribution in [0.2, 0.25) is 0 Å². The van der Waals surface area contributed by atoms with Crippen molar-refractivity contribution >= 4 is 17.6 Å². The van der Waals surface area contributed by atoms with E-state index in [1.807, 2.05) is 0 Å². The van der Waals surface area contributed by atoms with E-state index in [0.717, 1.165) is 12.8 Å². The summed E-state index contributed by atoms with van der Waals surface area (Å²) in [5, 5.41) is 7.97. The van der Waals surface area contributed by atoms with Gasteiger partial charge in [0.05, 0.1) is 0 Å². The van der Waals surface area contributed by atoms with E-state index in [1.165, 1.54) is 77.0 Å². The quantitative estimate of drug-likeness (QED) is 0.173. The van der Waals surface area contributed by atoms with Crippen molar-refractivity contribution in [2.45, 2.75) is 109 Å². The van der Waals surface area contributed by atoms with Gasteiger partial charge in [0.25, 0.3) is 0 Å². The monoisotopic (exact) mass is 344 g/mol. The van der Waals surface area contributed by atoms with Crippen LogP contribution in [0, 0.1) is 0 Å². The van der Waals surface area contributed by atoms with Crippen LogP contribution >= 0.6 is 11.6 Å². The topological polar surface area (TPSA) is 37.3 Å². The minimum atomic E-state index is -0.889. The van der Waals surface area contributed by atoms with Crippen molar-refractivity contribution in [1.29, 1.82) is 0 Å². The third-order valence-electron chi connectivity index (χ3n) is 4.24. The smallest absolute Gasteiger partial charge is 0.321 e. The van der Waals surface area contributed by atoms with Crippen molar-refractivity contribution in [3.63, 3.8) is 0 Å². The van der Waals surface area contributed by atoms with E-state index in [9.17, 15) is 4.79 Å². The van der Waals surface area contributed by atoms with E-state index in [-0.39, 0.29) is 0 Å². The first-order valence-electron chi connectivity index (χ1n) is 9.70. The number of halogens is 1. The molecule has 0 aliphatic carbocycles. The van der Waals surface area contributed by atoms with Gasteiger partial charge < -0.3 is 5.11 Å². The fourth-order valence-electron chi connectivity index (χ4n) is 2.69. The molecular formula is C20H37ClO2. The lowest BCUT2D eigenvalue weighted by atomic mass is 10.1. The average molecular weight is 345 g/mol. The number of hydrogen-bond donors (Lipinski definition) is 1. The minimum Gasteiger partial charge on any atom is -0.480 e. The molecule has 2 nitrogen and oxygen atoms in total. The van der Waals surface area contributed by atoms with Crippen LogP contribution in [0.3, 0.4) is 0 Å². The zero-order chi connectivity index (χ0) is 17.2. The predicted octanol–water partition coefficient (Wildman–Crippen LogP) is 7.11. The number of carboxylic acids is 1. The molecule has 136 valence electrons. The van der Waals surface area contributed by atoms with Gasteiger partial charge in [0.15, 0.2) is 0 Å². The first-order chi connectivity index (χ1) is 11.2. The SMILES string of the molecule is CCCCCCCC/C=C\CCCCCCCCC(Cl)C(=O)O. The predicted molar refractivity (Wildman–Crippen MR) is 101 cm³/mol. The lowest BCUT2D eigenvalue weighted by Crippen LogP contribution is -2.12. The Labute approximate surface area is 148 Å². The molecule has 0 spiro atoms. The van der Waals surface area contributed by atoms with E-state index in [0.29, 0.717) is 6.42 Å². The Morgan fingerprint density at radius 2 is 1.26 bits per heavy atom. The van der Waals surface area contributed by atoms with Crippen LogP contribution < -0.4 is 0 Å². The highest BCUT2D eigenvalue weighted by molar-refractivity contribution is 6.29. The summed E-state index contributed by atoms with van der Waals surface area (Å²) >= 11 is 5.67. The lowest BCUT2D eigenvalue weighted by molar-refractivity contribution is -0.136. The third-order valence-corrected chi connectivity index (χ3v) is 4.64. The fourth-order valence-corrected chi connectivity index (χ4v) is 2.85. The highest BCUT2D eigenvalue weighted by atomic mass is 35.5. The third kappa shape index (κ3) is 17.7. The Balaban J connectivity index is 3.15. The van der Waals surface area contributed by atoms with Crippen LogP contribution in [-0.4, -0.2) is 16.5 Å². The highest BCUT2D eigenvalue weighted by Gasteiger charge is 2.11. The molecule has 0 aliphatic rings. The minimum absolute atomic E-state index is 0.595. The maximum absolute atomic E-state index is 10.6. The number of hydrogen-bond acceptors (Lipinski definition) is 1. The van der Waals surface area contributed by atoms with Gasteiger partial charge in [-0.15, -0.1) is 11.6 Å². The Morgan fingerprint density at radius 1 is 0.826 bits per heavy atom. The zero-order valence-electron chi connectivity index (χ0n) is 15.1. The molecule has 0 saturated heterocycles. The maximum Gasteiger partial charge on any atom is 0.321 e. The van der Waals surface area contributed by atoms with E-state index in [1.54, 1.807) is 0 Å². The van der Waals surface area contributed by atoms with Crippen molar-refractivity contribution in [3.05, 3.63) is 12.2 Å². The summed E-state index contributed by atoms with van der Waals surface area (Å²) in [7, 11) is 0. The van der Waals surface area contributed by atoms with Gasteiger partial charge in [-0.25, -0.2) is 0 Å². The Hall–Kier alpha value is -0.500. The summed E-state index contributed by atoms with van der Waals surface area (Å²) in [5.74, 6) is -0.889. The first-order valence-corrected chi connectivity index (χ1v) is 10.1. The van der Waals surface area contributed by atoms with Crippen molar-refractivity contribution in [2.75, 3.05) is 0 Å². The largest absolute Gasteiger partial charge is 0.480 e. The normalized spacial score (nSPS) is 12.8. The molecule has 0 radical (unpaired) electrons. The number of alkyl halides is 1. The van der Waals surface area contributed by atoms with Crippen molar-refractivity contribution in [1.82, 2.24) is 0 Å². The van der Waals surface area contributed by atoms with Gasteiger partial charge in [0.2, 0.25) is 0 Å². The van der Waals surface area contributed by atoms with Gasteiger partial charge in [0.1, 0.15) is 5.38 Å². The summed E-state index contributed by atoms with van der Waals surface area (Å²) in [6, 6.07) is 0. The Bertz CT molecular complexity index is 289. The molecule has 0 aromatic carbocycles. The van der Waals surface area contributed by atoms with Crippen LogP contribution in [0.4, 0.5) is 0 Å². The van der Waals surface area contributed by atoms with Crippen molar-refractivity contribution in [3.8, 4) is 0 Å². The van der Waals surface area contributed by atoms with Crippen LogP contribution in [0.1, 0.15) is 103 Å². The van der Waals surface area contributed by atoms with Crippen molar-refractivity contribution < 1.29 is 9.90 Å². The van der Waals surface area contributed by atoms with E-state index in [2.05, 4.69) is 19.1 Å². The zero-order valence-corrected chi connectivity index (χ0v) is 15.8. The number of unbranched alkanes of at least 4 members (excludes halogenated alkanes) is 12. The number of carbonyl (C=O) groups is 1. The van der Waals surface area contributed by atoms with E-state index in [4.69, 9.17) is 16.7 Å². The highest BCUT2D eigenvalue weighted by Crippen LogP contribution is 2.13. The molecule has 0 aromatic rings. The fraction of sp³-hybridized carbons (Fsp3) is 0.850. The van der Waals surface area contributed by atoms with Crippen LogP contribution in [0.25, 0.3) is 0 Å². The Morgan fingerprint density at radius 3 is 1.74 bits per heavy atom. The second-order valence-electron chi connectivity index (χ2n) is 6.53. The van der Waals surface area contributed by atoms with Crippen molar-refractivity contribution in [2.24, 2.45) is 0 Å². The molecule has 0 amide bonds. The molecular weight excluding hydrogens is 308 g/mol. The molecule has 1 N–H and O–H groups in total. The summed E-state index contributed by atoms with van der Waals surface area (Å²) in [6.07, 6.45) is 23.0. The molecule has 0 bridgehead atoms. The maximum atomic E-state index is 10.6. The molecule has 0 fully saturated rings. The second-order valence-corrected chi connectivity index (χ2v) is 7.06. The van der Waals surface area contributed by atoms with Gasteiger partial charge in [-0.05, 0) is 32.1 Å². The molecule has 1 unspecified atom stereocenters. The average Bonchev–Trinajstić information content (AvgIpc) is 2.54. The Kier molecular flexibility index (Phi) is 17.5. The molecule has 1 atom stereocenters. The summed E-state index contributed by atoms with van der Waals surface area (Å²) in [4.78, 5) is 10.6. The van der Waals surface area contributed by atoms with Crippen LogP contribution in [0.5, 0.6) is 0 Å². The summed E-state index contributed by atoms with van der Waals surface area (Å²) < 4.78 is 0. The second kappa shape index (κ2) is 17.8. The lowest BCUT2D eigenvalue weighted by Gasteiger charge is -2.03. The summed E-state index contributed by atoms with van der Waals surface area (Å²) in [5.41, 5.74) is 0. The standard InChI is InChI=1S/C20H37ClO2/c1-2-3-4-5-6-7-8-9-10-11-12-13-14-15-16-17-18-19(21)20(22)23/h9-10,19H,2-8,11-18H2,1H3,(H,22,23)/b10-9-. The number of aliphatic carboxylic acids is 1. The van der Waals surface area contributed by atoms with Gasteiger partial charge in [-0.1, -0.05) is 83.3 Å². The molecule has 3 heteroatoms. The summed E-state index contributed by atoms with van der Waals surface area (Å²) in [6.45, 7) is 2.26. The molecule has 0 aromatic heterocycles. The van der Waals surface area contributed by atoms with Gasteiger partial charge in [0, 0.05) is 0 Å².